The number of methoxy groups -OCH3 is 1. The summed E-state index contributed by atoms with van der Waals surface area (Å²) in [5.41, 5.74) is 1.00. The van der Waals surface area contributed by atoms with E-state index < -0.39 is 11.5 Å². The highest BCUT2D eigenvalue weighted by atomic mass is 16.5. The summed E-state index contributed by atoms with van der Waals surface area (Å²) < 4.78 is 9.92. The summed E-state index contributed by atoms with van der Waals surface area (Å²) >= 11 is 0. The number of carbonyl (C=O) groups excluding carboxylic acids is 1. The first-order valence-corrected chi connectivity index (χ1v) is 6.80. The number of aryl methyl sites for hydroxylation is 2. The van der Waals surface area contributed by atoms with Gasteiger partial charge in [0.25, 0.3) is 11.5 Å². The summed E-state index contributed by atoms with van der Waals surface area (Å²) in [4.78, 5) is 30.7. The number of nitrogens with zero attached hydrogens (tertiary/aromatic N) is 2. The number of hydrogen-bond acceptors (Lipinski definition) is 6. The molecule has 118 valence electrons. The highest BCUT2D eigenvalue weighted by Crippen LogP contribution is 2.04. The molecule has 8 nitrogen and oxygen atoms in total. The number of rotatable bonds is 6. The van der Waals surface area contributed by atoms with Crippen molar-refractivity contribution >= 4 is 5.91 Å². The third-order valence-corrected chi connectivity index (χ3v) is 3.03. The first-order valence-electron chi connectivity index (χ1n) is 6.80. The summed E-state index contributed by atoms with van der Waals surface area (Å²) in [6.45, 7) is 4.04. The Morgan fingerprint density at radius 1 is 1.45 bits per heavy atom. The number of ether oxygens (including phenoxy) is 1. The van der Waals surface area contributed by atoms with Crippen LogP contribution in [-0.4, -0.2) is 34.7 Å². The molecule has 2 aromatic heterocycles. The second kappa shape index (κ2) is 6.99. The zero-order valence-electron chi connectivity index (χ0n) is 12.7. The fourth-order valence-corrected chi connectivity index (χ4v) is 2.04. The predicted octanol–water partition coefficient (Wildman–Crippen LogP) is 0.494. The molecule has 0 aliphatic carbocycles. The lowest BCUT2D eigenvalue weighted by molar-refractivity contribution is 0.0947. The maximum Gasteiger partial charge on any atom is 0.261 e. The highest BCUT2D eigenvalue weighted by molar-refractivity contribution is 5.95. The lowest BCUT2D eigenvalue weighted by Crippen LogP contribution is -2.31. The van der Waals surface area contributed by atoms with Crippen molar-refractivity contribution in [2.45, 2.75) is 26.8 Å². The molecule has 0 atom stereocenters. The Balaban J connectivity index is 2.01. The Labute approximate surface area is 126 Å². The van der Waals surface area contributed by atoms with E-state index >= 15 is 0 Å². The van der Waals surface area contributed by atoms with Crippen molar-refractivity contribution in [1.29, 1.82) is 0 Å². The minimum Gasteiger partial charge on any atom is -0.384 e. The Morgan fingerprint density at radius 3 is 2.91 bits per heavy atom. The third-order valence-electron chi connectivity index (χ3n) is 3.03. The van der Waals surface area contributed by atoms with E-state index in [4.69, 9.17) is 9.26 Å². The molecule has 1 amide bonds. The van der Waals surface area contributed by atoms with Crippen LogP contribution in [0.3, 0.4) is 0 Å². The van der Waals surface area contributed by atoms with Gasteiger partial charge in [0.2, 0.25) is 5.89 Å². The molecule has 2 rings (SSSR count). The molecule has 22 heavy (non-hydrogen) atoms. The molecule has 2 N–H and O–H groups in total. The molecule has 0 aliphatic heterocycles. The van der Waals surface area contributed by atoms with E-state index in [1.54, 1.807) is 27.0 Å². The fourth-order valence-electron chi connectivity index (χ4n) is 2.04. The van der Waals surface area contributed by atoms with Crippen molar-refractivity contribution in [2.75, 3.05) is 13.7 Å². The zero-order chi connectivity index (χ0) is 16.1. The van der Waals surface area contributed by atoms with Gasteiger partial charge in [0, 0.05) is 12.8 Å². The van der Waals surface area contributed by atoms with E-state index in [1.807, 2.05) is 0 Å². The number of aromatic amines is 1. The van der Waals surface area contributed by atoms with Crippen LogP contribution in [0.25, 0.3) is 0 Å². The molecule has 0 spiro atoms. The Morgan fingerprint density at radius 2 is 2.23 bits per heavy atom. The average Bonchev–Trinajstić information content (AvgIpc) is 2.89. The summed E-state index contributed by atoms with van der Waals surface area (Å²) in [5, 5.41) is 6.36. The standard InChI is InChI=1S/C14H18N4O4/c1-8-6-9(2)16-14(20)12(8)13(19)15-7-10-17-11(22-18-10)4-5-21-3/h6H,4-5,7H2,1-3H3,(H,15,19)(H,16,20). The van der Waals surface area contributed by atoms with E-state index in [-0.39, 0.29) is 12.1 Å². The number of hydrogen-bond donors (Lipinski definition) is 2. The number of nitrogens with one attached hydrogen (secondary N) is 2. The van der Waals surface area contributed by atoms with Gasteiger partial charge in [0.05, 0.1) is 19.6 Å². The number of carbonyl (C=O) groups is 1. The van der Waals surface area contributed by atoms with Crippen molar-refractivity contribution in [2.24, 2.45) is 0 Å². The molecule has 0 aliphatic rings. The lowest BCUT2D eigenvalue weighted by Gasteiger charge is -2.05. The van der Waals surface area contributed by atoms with Gasteiger partial charge in [-0.15, -0.1) is 0 Å². The SMILES string of the molecule is COCCc1nc(CNC(=O)c2c(C)cc(C)[nH]c2=O)no1. The summed E-state index contributed by atoms with van der Waals surface area (Å²) in [7, 11) is 1.58. The van der Waals surface area contributed by atoms with Gasteiger partial charge in [0.15, 0.2) is 5.82 Å². The van der Waals surface area contributed by atoms with Gasteiger partial charge in [-0.2, -0.15) is 4.98 Å². The topological polar surface area (TPSA) is 110 Å². The molecule has 0 aromatic carbocycles. The maximum absolute atomic E-state index is 12.1. The second-order valence-electron chi connectivity index (χ2n) is 4.87. The van der Waals surface area contributed by atoms with Crippen LogP contribution < -0.4 is 10.9 Å². The van der Waals surface area contributed by atoms with Gasteiger partial charge < -0.3 is 19.6 Å². The summed E-state index contributed by atoms with van der Waals surface area (Å²) in [6.07, 6.45) is 0.508. The predicted molar refractivity (Wildman–Crippen MR) is 77.6 cm³/mol. The van der Waals surface area contributed by atoms with Crippen molar-refractivity contribution in [3.8, 4) is 0 Å². The normalized spacial score (nSPS) is 10.7. The molecule has 2 aromatic rings. The molecule has 0 fully saturated rings. The van der Waals surface area contributed by atoms with Gasteiger partial charge in [-0.05, 0) is 25.5 Å². The Hall–Kier alpha value is -2.48. The van der Waals surface area contributed by atoms with Gasteiger partial charge in [0.1, 0.15) is 5.56 Å². The molecule has 0 bridgehead atoms. The van der Waals surface area contributed by atoms with Crippen LogP contribution in [0.15, 0.2) is 15.4 Å². The summed E-state index contributed by atoms with van der Waals surface area (Å²) in [5.74, 6) is 0.318. The van der Waals surface area contributed by atoms with Gasteiger partial charge >= 0.3 is 0 Å². The maximum atomic E-state index is 12.1. The number of amides is 1. The minimum absolute atomic E-state index is 0.0854. The van der Waals surface area contributed by atoms with Crippen molar-refractivity contribution in [3.63, 3.8) is 0 Å². The van der Waals surface area contributed by atoms with Crippen LogP contribution >= 0.6 is 0 Å². The van der Waals surface area contributed by atoms with Crippen molar-refractivity contribution in [3.05, 3.63) is 45.0 Å². The lowest BCUT2D eigenvalue weighted by atomic mass is 10.1. The molecular weight excluding hydrogens is 288 g/mol. The molecule has 0 radical (unpaired) electrons. The van der Waals surface area contributed by atoms with Crippen LogP contribution in [0, 0.1) is 13.8 Å². The van der Waals surface area contributed by atoms with Crippen LogP contribution in [-0.2, 0) is 17.7 Å². The average molecular weight is 306 g/mol. The van der Waals surface area contributed by atoms with Gasteiger partial charge in [-0.1, -0.05) is 5.16 Å². The van der Waals surface area contributed by atoms with E-state index in [9.17, 15) is 9.59 Å². The van der Waals surface area contributed by atoms with E-state index in [2.05, 4.69) is 20.4 Å². The molecule has 0 unspecified atom stereocenters. The molecular formula is C14H18N4O4. The van der Waals surface area contributed by atoms with Crippen LogP contribution in [0.1, 0.15) is 33.3 Å². The largest absolute Gasteiger partial charge is 0.384 e. The van der Waals surface area contributed by atoms with E-state index in [1.165, 1.54) is 0 Å². The molecule has 2 heterocycles. The smallest absolute Gasteiger partial charge is 0.261 e. The highest BCUT2D eigenvalue weighted by Gasteiger charge is 2.15. The molecule has 0 saturated carbocycles. The second-order valence-corrected chi connectivity index (χ2v) is 4.87. The molecule has 8 heteroatoms. The quantitative estimate of drug-likeness (QED) is 0.804. The first-order chi connectivity index (χ1) is 10.5. The number of pyridine rings is 1. The van der Waals surface area contributed by atoms with Crippen molar-refractivity contribution < 1.29 is 14.1 Å². The first kappa shape index (κ1) is 15.9. The Bertz CT molecular complexity index is 720. The minimum atomic E-state index is -0.470. The van der Waals surface area contributed by atoms with Gasteiger partial charge in [-0.3, -0.25) is 9.59 Å². The van der Waals surface area contributed by atoms with Crippen LogP contribution in [0.2, 0.25) is 0 Å². The fraction of sp³-hybridized carbons (Fsp3) is 0.429. The monoisotopic (exact) mass is 306 g/mol. The number of H-pyrrole nitrogens is 1. The third kappa shape index (κ3) is 3.79. The van der Waals surface area contributed by atoms with E-state index in [0.29, 0.717) is 36.0 Å². The Kier molecular flexibility index (Phi) is 5.05. The number of aromatic nitrogens is 3. The summed E-state index contributed by atoms with van der Waals surface area (Å²) in [6, 6.07) is 1.74. The van der Waals surface area contributed by atoms with Crippen molar-refractivity contribution in [1.82, 2.24) is 20.4 Å². The van der Waals surface area contributed by atoms with Crippen LogP contribution in [0.5, 0.6) is 0 Å². The molecule has 0 saturated heterocycles. The van der Waals surface area contributed by atoms with E-state index in [0.717, 1.165) is 0 Å². The zero-order valence-corrected chi connectivity index (χ0v) is 12.7. The van der Waals surface area contributed by atoms with Crippen LogP contribution in [0.4, 0.5) is 0 Å². The van der Waals surface area contributed by atoms with Gasteiger partial charge in [-0.25, -0.2) is 0 Å².